The fourth-order valence-electron chi connectivity index (χ4n) is 2.15. The number of aliphatic hydroxyl groups is 1. The Kier molecular flexibility index (Phi) is 5.68. The van der Waals surface area contributed by atoms with Crippen molar-refractivity contribution in [3.05, 3.63) is 95.6 Å². The molecule has 22 heavy (non-hydrogen) atoms. The SMILES string of the molecule is C=C(/C=C(C)\C(O)=C\C)[S+](c1ccccc1)c1ccccc1. The van der Waals surface area contributed by atoms with E-state index >= 15 is 0 Å². The molecule has 0 fully saturated rings. The lowest BCUT2D eigenvalue weighted by Crippen LogP contribution is -2.05. The van der Waals surface area contributed by atoms with Gasteiger partial charge in [-0.25, -0.2) is 0 Å². The highest BCUT2D eigenvalue weighted by Crippen LogP contribution is 2.30. The first-order chi connectivity index (χ1) is 10.6. The summed E-state index contributed by atoms with van der Waals surface area (Å²) in [6, 6.07) is 20.7. The summed E-state index contributed by atoms with van der Waals surface area (Å²) in [5.74, 6) is 0.297. The lowest BCUT2D eigenvalue weighted by atomic mass is 10.2. The van der Waals surface area contributed by atoms with E-state index in [-0.39, 0.29) is 10.9 Å². The standard InChI is InChI=1S/C20H20OS/c1-4-20(21)16(2)15-17(3)22(18-11-7-5-8-12-18)19-13-9-6-10-14-19/h4-15H,3H2,1-2H3/p+1/b16-15-,20-4-. The average Bonchev–Trinajstić information content (AvgIpc) is 2.56. The Hall–Kier alpha value is -2.19. The molecule has 0 saturated carbocycles. The first-order valence-corrected chi connectivity index (χ1v) is 8.43. The van der Waals surface area contributed by atoms with E-state index < -0.39 is 0 Å². The van der Waals surface area contributed by atoms with E-state index in [4.69, 9.17) is 0 Å². The van der Waals surface area contributed by atoms with Crippen LogP contribution >= 0.6 is 0 Å². The summed E-state index contributed by atoms with van der Waals surface area (Å²) in [7, 11) is -0.244. The fourth-order valence-corrected chi connectivity index (χ4v) is 4.18. The van der Waals surface area contributed by atoms with Crippen LogP contribution in [0.15, 0.2) is 105 Å². The van der Waals surface area contributed by atoms with Crippen molar-refractivity contribution in [2.75, 3.05) is 0 Å². The van der Waals surface area contributed by atoms with Gasteiger partial charge in [0.25, 0.3) is 0 Å². The van der Waals surface area contributed by atoms with Crippen molar-refractivity contribution in [1.29, 1.82) is 0 Å². The second kappa shape index (κ2) is 7.71. The van der Waals surface area contributed by atoms with Gasteiger partial charge in [-0.1, -0.05) is 36.4 Å². The van der Waals surface area contributed by atoms with Crippen LogP contribution in [0.4, 0.5) is 0 Å². The Morgan fingerprint density at radius 1 is 0.955 bits per heavy atom. The van der Waals surface area contributed by atoms with Crippen LogP contribution in [-0.4, -0.2) is 5.11 Å². The summed E-state index contributed by atoms with van der Waals surface area (Å²) in [4.78, 5) is 3.44. The molecule has 0 atom stereocenters. The molecule has 1 nitrogen and oxygen atoms in total. The molecule has 2 rings (SSSR count). The van der Waals surface area contributed by atoms with Gasteiger partial charge in [0, 0.05) is 6.08 Å². The quantitative estimate of drug-likeness (QED) is 0.430. The van der Waals surface area contributed by atoms with Gasteiger partial charge in [0.2, 0.25) is 0 Å². The van der Waals surface area contributed by atoms with Crippen molar-refractivity contribution in [2.45, 2.75) is 23.6 Å². The summed E-state index contributed by atoms with van der Waals surface area (Å²) in [5.41, 5.74) is 0.830. The number of benzene rings is 2. The molecule has 0 aromatic heterocycles. The number of hydrogen-bond donors (Lipinski definition) is 1. The molecule has 0 aliphatic rings. The van der Waals surface area contributed by atoms with Crippen LogP contribution in [0.25, 0.3) is 0 Å². The molecule has 0 aliphatic carbocycles. The molecule has 0 radical (unpaired) electrons. The Bertz CT molecular complexity index is 645. The van der Waals surface area contributed by atoms with Crippen molar-refractivity contribution >= 4 is 10.9 Å². The molecular weight excluding hydrogens is 288 g/mol. The van der Waals surface area contributed by atoms with Gasteiger partial charge < -0.3 is 5.11 Å². The molecule has 0 heterocycles. The van der Waals surface area contributed by atoms with Gasteiger partial charge in [-0.05, 0) is 56.3 Å². The minimum atomic E-state index is -0.244. The molecular formula is C20H21OS+. The van der Waals surface area contributed by atoms with E-state index in [1.165, 1.54) is 9.79 Å². The largest absolute Gasteiger partial charge is 0.508 e. The molecule has 0 bridgehead atoms. The smallest absolute Gasteiger partial charge is 0.166 e. The molecule has 0 aliphatic heterocycles. The maximum absolute atomic E-state index is 9.85. The minimum absolute atomic E-state index is 0.244. The number of aliphatic hydroxyl groups excluding tert-OH is 1. The third kappa shape index (κ3) is 3.92. The van der Waals surface area contributed by atoms with Crippen molar-refractivity contribution < 1.29 is 5.11 Å². The highest BCUT2D eigenvalue weighted by atomic mass is 32.2. The summed E-state index contributed by atoms with van der Waals surface area (Å²) in [5, 5.41) is 9.85. The predicted octanol–water partition coefficient (Wildman–Crippen LogP) is 5.64. The third-order valence-electron chi connectivity index (χ3n) is 3.27. The molecule has 0 saturated heterocycles. The lowest BCUT2D eigenvalue weighted by molar-refractivity contribution is 0.422. The highest BCUT2D eigenvalue weighted by Gasteiger charge is 2.28. The Labute approximate surface area is 135 Å². The Morgan fingerprint density at radius 3 is 1.82 bits per heavy atom. The lowest BCUT2D eigenvalue weighted by Gasteiger charge is -2.08. The van der Waals surface area contributed by atoms with Gasteiger partial charge in [-0.15, -0.1) is 0 Å². The van der Waals surface area contributed by atoms with Crippen LogP contribution in [0.5, 0.6) is 0 Å². The van der Waals surface area contributed by atoms with Gasteiger partial charge >= 0.3 is 0 Å². The van der Waals surface area contributed by atoms with Crippen LogP contribution in [-0.2, 0) is 10.9 Å². The van der Waals surface area contributed by atoms with Crippen molar-refractivity contribution in [1.82, 2.24) is 0 Å². The summed E-state index contributed by atoms with van der Waals surface area (Å²) in [6.45, 7) is 7.99. The molecule has 2 aromatic rings. The first kappa shape index (κ1) is 16.2. The average molecular weight is 309 g/mol. The van der Waals surface area contributed by atoms with E-state index in [0.717, 1.165) is 10.5 Å². The molecule has 0 unspecified atom stereocenters. The van der Waals surface area contributed by atoms with Crippen molar-refractivity contribution in [3.63, 3.8) is 0 Å². The highest BCUT2D eigenvalue weighted by molar-refractivity contribution is 8.00. The van der Waals surface area contributed by atoms with E-state index in [1.54, 1.807) is 6.08 Å². The predicted molar refractivity (Wildman–Crippen MR) is 96.1 cm³/mol. The van der Waals surface area contributed by atoms with Crippen LogP contribution < -0.4 is 0 Å². The zero-order valence-electron chi connectivity index (χ0n) is 13.0. The monoisotopic (exact) mass is 309 g/mol. The third-order valence-corrected chi connectivity index (χ3v) is 5.40. The topological polar surface area (TPSA) is 20.2 Å². The molecule has 2 heteroatoms. The normalized spacial score (nSPS) is 12.5. The Morgan fingerprint density at radius 2 is 1.41 bits per heavy atom. The van der Waals surface area contributed by atoms with Crippen molar-refractivity contribution in [3.8, 4) is 0 Å². The summed E-state index contributed by atoms with van der Waals surface area (Å²) >= 11 is 0. The second-order valence-corrected chi connectivity index (χ2v) is 6.98. The van der Waals surface area contributed by atoms with Crippen molar-refractivity contribution in [2.24, 2.45) is 0 Å². The maximum Gasteiger partial charge on any atom is 0.166 e. The zero-order chi connectivity index (χ0) is 15.9. The zero-order valence-corrected chi connectivity index (χ0v) is 13.8. The van der Waals surface area contributed by atoms with Gasteiger partial charge in [0.1, 0.15) is 5.76 Å². The van der Waals surface area contributed by atoms with Gasteiger partial charge in [0.05, 0.1) is 10.9 Å². The van der Waals surface area contributed by atoms with E-state index in [0.29, 0.717) is 5.76 Å². The maximum atomic E-state index is 9.85. The van der Waals surface area contributed by atoms with E-state index in [2.05, 4.69) is 30.8 Å². The summed E-state index contributed by atoms with van der Waals surface area (Å²) < 4.78 is 0. The molecule has 0 amide bonds. The molecule has 2 aromatic carbocycles. The molecule has 112 valence electrons. The number of allylic oxidation sites excluding steroid dienone is 3. The van der Waals surface area contributed by atoms with Gasteiger partial charge in [0.15, 0.2) is 14.7 Å². The van der Waals surface area contributed by atoms with Crippen LogP contribution in [0.2, 0.25) is 0 Å². The number of rotatable bonds is 5. The molecule has 0 spiro atoms. The van der Waals surface area contributed by atoms with Gasteiger partial charge in [-0.3, -0.25) is 0 Å². The van der Waals surface area contributed by atoms with Gasteiger partial charge in [-0.2, -0.15) is 0 Å². The van der Waals surface area contributed by atoms with Crippen LogP contribution in [0.3, 0.4) is 0 Å². The molecule has 1 N–H and O–H groups in total. The first-order valence-electron chi connectivity index (χ1n) is 7.20. The fraction of sp³-hybridized carbons (Fsp3) is 0.100. The second-order valence-electron chi connectivity index (χ2n) is 4.90. The van der Waals surface area contributed by atoms with Crippen LogP contribution in [0, 0.1) is 0 Å². The van der Waals surface area contributed by atoms with E-state index in [1.807, 2.05) is 56.3 Å². The van der Waals surface area contributed by atoms with Crippen LogP contribution in [0.1, 0.15) is 13.8 Å². The van der Waals surface area contributed by atoms with E-state index in [9.17, 15) is 5.11 Å². The Balaban J connectivity index is 2.44. The summed E-state index contributed by atoms with van der Waals surface area (Å²) in [6.07, 6.45) is 3.67. The minimum Gasteiger partial charge on any atom is -0.508 e. The number of hydrogen-bond acceptors (Lipinski definition) is 1.